The van der Waals surface area contributed by atoms with Crippen molar-refractivity contribution in [3.63, 3.8) is 0 Å². The molecule has 0 saturated carbocycles. The molecule has 166 valence electrons. The first-order valence-corrected chi connectivity index (χ1v) is 12.4. The number of aromatic amines is 1. The molecule has 2 aliphatic rings. The molecule has 1 fully saturated rings. The van der Waals surface area contributed by atoms with Gasteiger partial charge >= 0.3 is 0 Å². The number of halogens is 1. The molecule has 0 aliphatic carbocycles. The van der Waals surface area contributed by atoms with Gasteiger partial charge in [0.05, 0.1) is 22.0 Å². The Balaban J connectivity index is 1.30. The van der Waals surface area contributed by atoms with Crippen molar-refractivity contribution in [2.75, 3.05) is 29.1 Å². The van der Waals surface area contributed by atoms with Crippen molar-refractivity contribution < 1.29 is 4.21 Å². The molecule has 4 heterocycles. The van der Waals surface area contributed by atoms with Gasteiger partial charge in [0.2, 0.25) is 11.5 Å². The molecular formula is C24H20ClN5O2S. The Morgan fingerprint density at radius 1 is 1.06 bits per heavy atom. The van der Waals surface area contributed by atoms with Gasteiger partial charge in [-0.05, 0) is 41.3 Å². The van der Waals surface area contributed by atoms with Crippen LogP contribution in [0.5, 0.6) is 0 Å². The van der Waals surface area contributed by atoms with Crippen LogP contribution in [0.4, 0.5) is 17.5 Å². The maximum absolute atomic E-state index is 12.7. The highest BCUT2D eigenvalue weighted by molar-refractivity contribution is 7.85. The van der Waals surface area contributed by atoms with Crippen molar-refractivity contribution in [3.05, 3.63) is 81.2 Å². The van der Waals surface area contributed by atoms with Crippen LogP contribution in [0.15, 0.2) is 64.3 Å². The second-order valence-electron chi connectivity index (χ2n) is 8.35. The number of fused-ring (bicyclic) bond motifs is 2. The highest BCUT2D eigenvalue weighted by Crippen LogP contribution is 2.35. The molecule has 0 spiro atoms. The zero-order valence-corrected chi connectivity index (χ0v) is 19.1. The van der Waals surface area contributed by atoms with Crippen molar-refractivity contribution in [1.82, 2.24) is 15.0 Å². The largest absolute Gasteiger partial charge is 0.339 e. The molecule has 33 heavy (non-hydrogen) atoms. The molecule has 2 aromatic heterocycles. The van der Waals surface area contributed by atoms with Gasteiger partial charge in [-0.15, -0.1) is 0 Å². The summed E-state index contributed by atoms with van der Waals surface area (Å²) in [6.45, 7) is 1.64. The highest BCUT2D eigenvalue weighted by Gasteiger charge is 2.33. The third kappa shape index (κ3) is 3.79. The molecule has 4 aromatic rings. The number of nitrogens with one attached hydrogen (secondary N) is 2. The Labute approximate surface area is 197 Å². The lowest BCUT2D eigenvalue weighted by molar-refractivity contribution is 0.513. The first kappa shape index (κ1) is 20.4. The molecule has 6 rings (SSSR count). The van der Waals surface area contributed by atoms with Gasteiger partial charge in [-0.3, -0.25) is 9.00 Å². The average Bonchev–Trinajstić information content (AvgIpc) is 3.15. The lowest BCUT2D eigenvalue weighted by Gasteiger charge is -2.39. The Bertz CT molecular complexity index is 1460. The van der Waals surface area contributed by atoms with Gasteiger partial charge in [0.25, 0.3) is 0 Å². The summed E-state index contributed by atoms with van der Waals surface area (Å²) < 4.78 is 12.7. The number of hydrogen-bond donors (Lipinski definition) is 2. The number of hydrogen-bond acceptors (Lipinski definition) is 6. The summed E-state index contributed by atoms with van der Waals surface area (Å²) in [5.41, 5.74) is 3.43. The van der Waals surface area contributed by atoms with E-state index in [4.69, 9.17) is 21.6 Å². The van der Waals surface area contributed by atoms with E-state index < -0.39 is 10.8 Å². The summed E-state index contributed by atoms with van der Waals surface area (Å²) in [6.07, 6.45) is 0.672. The van der Waals surface area contributed by atoms with E-state index in [1.54, 1.807) is 6.07 Å². The number of rotatable bonds is 4. The zero-order valence-electron chi connectivity index (χ0n) is 17.5. The minimum Gasteiger partial charge on any atom is -0.339 e. The summed E-state index contributed by atoms with van der Waals surface area (Å²) in [4.78, 5) is 26.9. The number of nitrogens with zero attached hydrogens (tertiary/aromatic N) is 3. The second-order valence-corrected chi connectivity index (χ2v) is 10.3. The van der Waals surface area contributed by atoms with E-state index in [1.165, 1.54) is 11.6 Å². The van der Waals surface area contributed by atoms with Crippen LogP contribution in [0.3, 0.4) is 0 Å². The van der Waals surface area contributed by atoms with E-state index in [1.807, 2.05) is 30.3 Å². The third-order valence-electron chi connectivity index (χ3n) is 6.17. The Hall–Kier alpha value is -3.23. The smallest absolute Gasteiger partial charge is 0.248 e. The summed E-state index contributed by atoms with van der Waals surface area (Å²) in [5.74, 6) is 2.18. The minimum absolute atomic E-state index is 0.154. The topological polar surface area (TPSA) is 91.0 Å². The predicted octanol–water partition coefficient (Wildman–Crippen LogP) is 3.98. The Morgan fingerprint density at radius 2 is 1.85 bits per heavy atom. The Morgan fingerprint density at radius 3 is 2.67 bits per heavy atom. The fourth-order valence-electron chi connectivity index (χ4n) is 4.36. The molecule has 2 aliphatic heterocycles. The van der Waals surface area contributed by atoms with Crippen LogP contribution < -0.4 is 15.8 Å². The van der Waals surface area contributed by atoms with Crippen molar-refractivity contribution in [2.45, 2.75) is 17.2 Å². The first-order valence-electron chi connectivity index (χ1n) is 10.7. The predicted molar refractivity (Wildman–Crippen MR) is 131 cm³/mol. The maximum atomic E-state index is 12.7. The normalized spacial score (nSPS) is 17.7. The third-order valence-corrected chi connectivity index (χ3v) is 7.88. The average molecular weight is 478 g/mol. The number of benzene rings is 2. The van der Waals surface area contributed by atoms with E-state index >= 15 is 0 Å². The standard InChI is InChI=1S/C24H20ClN5O2S/c25-17-5-1-14(2-6-17)16-12-30(13-16)24-28-19-9-10-33(32)22(19)23(29-24)26-18-7-3-15-4-8-21(31)27-20(15)11-18/h1-8,11,16H,9-10,12-13H2,(H,27,31)(H,26,28,29)/t33-/m1/s1. The molecule has 2 N–H and O–H groups in total. The van der Waals surface area contributed by atoms with Crippen LogP contribution in [0.2, 0.25) is 5.02 Å². The SMILES string of the molecule is O=c1ccc2ccc(Nc3nc(N4CC(c5ccc(Cl)cc5)C4)nc4c3[S@](=O)CC4)cc2[nH]1. The Kier molecular flexibility index (Phi) is 4.92. The molecule has 0 amide bonds. The minimum atomic E-state index is -1.13. The van der Waals surface area contributed by atoms with Crippen molar-refractivity contribution in [2.24, 2.45) is 0 Å². The molecule has 1 atom stereocenters. The van der Waals surface area contributed by atoms with Gasteiger partial charge in [-0.2, -0.15) is 4.98 Å². The van der Waals surface area contributed by atoms with Crippen LogP contribution in [0.1, 0.15) is 17.2 Å². The van der Waals surface area contributed by atoms with Crippen LogP contribution in [0, 0.1) is 0 Å². The molecule has 9 heteroatoms. The van der Waals surface area contributed by atoms with E-state index in [-0.39, 0.29) is 5.56 Å². The van der Waals surface area contributed by atoms with E-state index in [9.17, 15) is 9.00 Å². The summed E-state index contributed by atoms with van der Waals surface area (Å²) in [7, 11) is -1.13. The van der Waals surface area contributed by atoms with E-state index in [0.717, 1.165) is 40.4 Å². The maximum Gasteiger partial charge on any atom is 0.248 e. The van der Waals surface area contributed by atoms with Crippen LogP contribution >= 0.6 is 11.6 Å². The lowest BCUT2D eigenvalue weighted by atomic mass is 9.92. The summed E-state index contributed by atoms with van der Waals surface area (Å²) in [6, 6.07) is 17.0. The molecule has 0 bridgehead atoms. The van der Waals surface area contributed by atoms with Crippen LogP contribution in [-0.2, 0) is 17.2 Å². The highest BCUT2D eigenvalue weighted by atomic mass is 35.5. The quantitative estimate of drug-likeness (QED) is 0.462. The second kappa shape index (κ2) is 7.97. The van der Waals surface area contributed by atoms with Gasteiger partial charge in [0, 0.05) is 48.0 Å². The molecular weight excluding hydrogens is 458 g/mol. The molecule has 7 nitrogen and oxygen atoms in total. The molecule has 0 unspecified atom stereocenters. The number of anilines is 3. The van der Waals surface area contributed by atoms with Crippen molar-refractivity contribution >= 4 is 50.8 Å². The summed E-state index contributed by atoms with van der Waals surface area (Å²) in [5, 5.41) is 5.00. The van der Waals surface area contributed by atoms with Crippen LogP contribution in [0.25, 0.3) is 10.9 Å². The fourth-order valence-corrected chi connectivity index (χ4v) is 5.79. The number of aryl methyl sites for hydroxylation is 1. The van der Waals surface area contributed by atoms with E-state index in [0.29, 0.717) is 34.8 Å². The lowest BCUT2D eigenvalue weighted by Crippen LogP contribution is -2.46. The van der Waals surface area contributed by atoms with Gasteiger partial charge < -0.3 is 15.2 Å². The van der Waals surface area contributed by atoms with Crippen molar-refractivity contribution in [3.8, 4) is 0 Å². The number of H-pyrrole nitrogens is 1. The molecule has 1 saturated heterocycles. The number of aromatic nitrogens is 3. The monoisotopic (exact) mass is 477 g/mol. The van der Waals surface area contributed by atoms with E-state index in [2.05, 4.69) is 27.3 Å². The zero-order chi connectivity index (χ0) is 22.5. The molecule has 2 aromatic carbocycles. The van der Waals surface area contributed by atoms with Gasteiger partial charge in [-0.1, -0.05) is 29.8 Å². The van der Waals surface area contributed by atoms with Gasteiger partial charge in [0.15, 0.2) is 5.82 Å². The van der Waals surface area contributed by atoms with Gasteiger partial charge in [-0.25, -0.2) is 4.98 Å². The van der Waals surface area contributed by atoms with Crippen LogP contribution in [-0.4, -0.2) is 38.0 Å². The first-order chi connectivity index (χ1) is 16.0. The fraction of sp³-hybridized carbons (Fsp3) is 0.208. The summed E-state index contributed by atoms with van der Waals surface area (Å²) >= 11 is 6.01. The van der Waals surface area contributed by atoms with Gasteiger partial charge in [0.1, 0.15) is 4.90 Å². The van der Waals surface area contributed by atoms with Crippen molar-refractivity contribution in [1.29, 1.82) is 0 Å². The molecule has 0 radical (unpaired) electrons. The number of pyridine rings is 1.